The zero-order valence-corrected chi connectivity index (χ0v) is 20.7. The van der Waals surface area contributed by atoms with E-state index in [2.05, 4.69) is 15.3 Å². The van der Waals surface area contributed by atoms with Crippen molar-refractivity contribution in [2.75, 3.05) is 11.5 Å². The smallest absolute Gasteiger partial charge is 0.333 e. The van der Waals surface area contributed by atoms with Crippen LogP contribution in [0.4, 0.5) is 0 Å². The van der Waals surface area contributed by atoms with Gasteiger partial charge in [0, 0.05) is 36.7 Å². The number of nitrogens with one attached hydrogen (secondary N) is 1. The van der Waals surface area contributed by atoms with E-state index < -0.39 is 0 Å². The van der Waals surface area contributed by atoms with Crippen LogP contribution in [0.2, 0.25) is 0 Å². The SMILES string of the molecule is O=C(N[C@H]1CC[C@@H](n2c(=O)c3cccnc3n(C3CCSCC3)c2=O)CC1)c1cn2ccccc2n1. The van der Waals surface area contributed by atoms with Crippen LogP contribution in [0.3, 0.4) is 0 Å². The highest BCUT2D eigenvalue weighted by Crippen LogP contribution is 2.30. The van der Waals surface area contributed by atoms with E-state index >= 15 is 0 Å². The summed E-state index contributed by atoms with van der Waals surface area (Å²) in [7, 11) is 0. The van der Waals surface area contributed by atoms with Crippen LogP contribution in [-0.2, 0) is 0 Å². The van der Waals surface area contributed by atoms with Crippen molar-refractivity contribution in [1.29, 1.82) is 0 Å². The molecule has 0 atom stereocenters. The van der Waals surface area contributed by atoms with E-state index in [1.807, 2.05) is 40.6 Å². The summed E-state index contributed by atoms with van der Waals surface area (Å²) in [5.74, 6) is 1.80. The van der Waals surface area contributed by atoms with Gasteiger partial charge in [-0.2, -0.15) is 11.8 Å². The molecule has 1 saturated heterocycles. The Morgan fingerprint density at radius 3 is 2.50 bits per heavy atom. The molecule has 1 amide bonds. The Hall–Kier alpha value is -3.40. The fraction of sp³-hybridized carbons (Fsp3) is 0.423. The predicted octanol–water partition coefficient (Wildman–Crippen LogP) is 3.19. The van der Waals surface area contributed by atoms with E-state index in [1.165, 1.54) is 4.57 Å². The topological polar surface area (TPSA) is 103 Å². The van der Waals surface area contributed by atoms with Crippen LogP contribution in [0.15, 0.2) is 58.5 Å². The first-order chi connectivity index (χ1) is 17.6. The van der Waals surface area contributed by atoms with Gasteiger partial charge in [0.15, 0.2) is 0 Å². The number of hydrogen-bond donors (Lipinski definition) is 1. The van der Waals surface area contributed by atoms with E-state index in [0.717, 1.165) is 30.0 Å². The lowest BCUT2D eigenvalue weighted by Gasteiger charge is -2.31. The molecule has 36 heavy (non-hydrogen) atoms. The number of nitrogens with zero attached hydrogens (tertiary/aromatic N) is 5. The quantitative estimate of drug-likeness (QED) is 0.458. The number of carbonyl (C=O) groups is 1. The average molecular weight is 505 g/mol. The highest BCUT2D eigenvalue weighted by atomic mass is 32.2. The number of fused-ring (bicyclic) bond motifs is 2. The van der Waals surface area contributed by atoms with Crippen LogP contribution >= 0.6 is 11.8 Å². The molecule has 10 heteroatoms. The van der Waals surface area contributed by atoms with Gasteiger partial charge in [-0.05, 0) is 74.3 Å². The van der Waals surface area contributed by atoms with Crippen molar-refractivity contribution in [3.05, 3.63) is 75.5 Å². The second-order valence-electron chi connectivity index (χ2n) is 9.62. The molecule has 1 saturated carbocycles. The van der Waals surface area contributed by atoms with Gasteiger partial charge in [-0.15, -0.1) is 0 Å². The Kier molecular flexibility index (Phi) is 6.12. The first-order valence-corrected chi connectivity index (χ1v) is 13.7. The first kappa shape index (κ1) is 23.0. The molecule has 1 N–H and O–H groups in total. The molecular weight excluding hydrogens is 476 g/mol. The molecule has 6 rings (SSSR count). The minimum Gasteiger partial charge on any atom is -0.348 e. The van der Waals surface area contributed by atoms with E-state index in [0.29, 0.717) is 42.4 Å². The molecule has 9 nitrogen and oxygen atoms in total. The summed E-state index contributed by atoms with van der Waals surface area (Å²) in [6.07, 6.45) is 9.73. The number of thioether (sulfide) groups is 1. The molecule has 5 heterocycles. The minimum atomic E-state index is -0.262. The number of imidazole rings is 1. The van der Waals surface area contributed by atoms with Crippen molar-refractivity contribution >= 4 is 34.3 Å². The lowest BCUT2D eigenvalue weighted by molar-refractivity contribution is 0.0917. The van der Waals surface area contributed by atoms with Crippen LogP contribution in [0.5, 0.6) is 0 Å². The summed E-state index contributed by atoms with van der Waals surface area (Å²) < 4.78 is 5.06. The Labute approximate surface area is 211 Å². The van der Waals surface area contributed by atoms with Gasteiger partial charge >= 0.3 is 5.69 Å². The molecule has 4 aromatic rings. The number of carbonyl (C=O) groups excluding carboxylic acids is 1. The molecule has 1 aliphatic heterocycles. The van der Waals surface area contributed by atoms with Crippen LogP contribution in [0, 0.1) is 0 Å². The lowest BCUT2D eigenvalue weighted by Crippen LogP contribution is -2.46. The molecule has 0 unspecified atom stereocenters. The molecule has 1 aliphatic carbocycles. The van der Waals surface area contributed by atoms with E-state index in [-0.39, 0.29) is 35.3 Å². The van der Waals surface area contributed by atoms with Crippen molar-refractivity contribution in [1.82, 2.24) is 28.8 Å². The van der Waals surface area contributed by atoms with Crippen LogP contribution in [-0.4, -0.2) is 47.0 Å². The molecule has 2 aliphatic rings. The van der Waals surface area contributed by atoms with Crippen LogP contribution < -0.4 is 16.6 Å². The maximum absolute atomic E-state index is 13.7. The molecule has 0 bridgehead atoms. The van der Waals surface area contributed by atoms with Gasteiger partial charge in [-0.1, -0.05) is 6.07 Å². The van der Waals surface area contributed by atoms with E-state index in [1.54, 1.807) is 29.1 Å². The fourth-order valence-electron chi connectivity index (χ4n) is 5.56. The second-order valence-corrected chi connectivity index (χ2v) is 10.8. The normalized spacial score (nSPS) is 21.1. The molecule has 0 radical (unpaired) electrons. The fourth-order valence-corrected chi connectivity index (χ4v) is 6.64. The Morgan fingerprint density at radius 2 is 1.72 bits per heavy atom. The number of rotatable bonds is 4. The van der Waals surface area contributed by atoms with Gasteiger partial charge in [0.1, 0.15) is 17.0 Å². The highest BCUT2D eigenvalue weighted by molar-refractivity contribution is 7.99. The maximum atomic E-state index is 13.7. The summed E-state index contributed by atoms with van der Waals surface area (Å²) in [5, 5.41) is 3.59. The van der Waals surface area contributed by atoms with Gasteiger partial charge in [0.05, 0.1) is 5.39 Å². The van der Waals surface area contributed by atoms with Gasteiger partial charge in [0.2, 0.25) is 0 Å². The molecule has 4 aromatic heterocycles. The highest BCUT2D eigenvalue weighted by Gasteiger charge is 2.29. The van der Waals surface area contributed by atoms with Crippen molar-refractivity contribution in [2.24, 2.45) is 0 Å². The summed E-state index contributed by atoms with van der Waals surface area (Å²) in [6.45, 7) is 0. The molecule has 0 aromatic carbocycles. The van der Waals surface area contributed by atoms with E-state index in [4.69, 9.17) is 0 Å². The van der Waals surface area contributed by atoms with Crippen molar-refractivity contribution in [2.45, 2.75) is 56.7 Å². The van der Waals surface area contributed by atoms with Crippen LogP contribution in [0.1, 0.15) is 61.1 Å². The third-order valence-corrected chi connectivity index (χ3v) is 8.47. The summed E-state index contributed by atoms with van der Waals surface area (Å²) in [5.41, 5.74) is 1.09. The maximum Gasteiger partial charge on any atom is 0.333 e. The van der Waals surface area contributed by atoms with E-state index in [9.17, 15) is 14.4 Å². The largest absolute Gasteiger partial charge is 0.348 e. The van der Waals surface area contributed by atoms with Gasteiger partial charge in [0.25, 0.3) is 11.5 Å². The summed E-state index contributed by atoms with van der Waals surface area (Å²) in [4.78, 5) is 48.8. The second kappa shape index (κ2) is 9.57. The number of hydrogen-bond acceptors (Lipinski definition) is 6. The first-order valence-electron chi connectivity index (χ1n) is 12.5. The number of pyridine rings is 2. The third kappa shape index (κ3) is 4.13. The monoisotopic (exact) mass is 504 g/mol. The predicted molar refractivity (Wildman–Crippen MR) is 140 cm³/mol. The molecule has 2 fully saturated rings. The number of aromatic nitrogens is 5. The minimum absolute atomic E-state index is 0.0195. The zero-order valence-electron chi connectivity index (χ0n) is 19.9. The van der Waals surface area contributed by atoms with Crippen molar-refractivity contribution in [3.8, 4) is 0 Å². The lowest BCUT2D eigenvalue weighted by atomic mass is 9.90. The van der Waals surface area contributed by atoms with Crippen molar-refractivity contribution < 1.29 is 4.79 Å². The standard InChI is InChI=1S/C26H28N6O3S/c33-24(21-16-30-13-2-1-5-22(30)29-21)28-17-6-8-18(9-7-17)32-25(34)20-4-3-12-27-23(20)31(26(32)35)19-10-14-36-15-11-19/h1-5,12-13,16-19H,6-11,14-15H2,(H,28,33)/t17-,18+. The third-order valence-electron chi connectivity index (χ3n) is 7.43. The molecule has 186 valence electrons. The average Bonchev–Trinajstić information content (AvgIpc) is 3.35. The Bertz CT molecular complexity index is 1510. The summed E-state index contributed by atoms with van der Waals surface area (Å²) in [6, 6.07) is 9.01. The Balaban J connectivity index is 1.23. The van der Waals surface area contributed by atoms with Crippen LogP contribution in [0.25, 0.3) is 16.7 Å². The molecular formula is C26H28N6O3S. The zero-order chi connectivity index (χ0) is 24.6. The van der Waals surface area contributed by atoms with Crippen molar-refractivity contribution in [3.63, 3.8) is 0 Å². The van der Waals surface area contributed by atoms with Gasteiger partial charge < -0.3 is 9.72 Å². The molecule has 0 spiro atoms. The Morgan fingerprint density at radius 1 is 0.944 bits per heavy atom. The van der Waals surface area contributed by atoms with Gasteiger partial charge in [-0.3, -0.25) is 18.7 Å². The number of amides is 1. The van der Waals surface area contributed by atoms with Gasteiger partial charge in [-0.25, -0.2) is 14.8 Å². The summed E-state index contributed by atoms with van der Waals surface area (Å²) >= 11 is 1.90.